The summed E-state index contributed by atoms with van der Waals surface area (Å²) in [6.07, 6.45) is 1.79. The van der Waals surface area contributed by atoms with Gasteiger partial charge in [-0.25, -0.2) is 0 Å². The Balaban J connectivity index is 1.72. The second kappa shape index (κ2) is 9.63. The molecule has 0 spiro atoms. The number of likely N-dealkylation sites (tertiary alicyclic amines) is 1. The van der Waals surface area contributed by atoms with Gasteiger partial charge in [-0.3, -0.25) is 9.59 Å². The van der Waals surface area contributed by atoms with E-state index >= 15 is 0 Å². The highest BCUT2D eigenvalue weighted by Gasteiger charge is 2.43. The number of hydrogen-bond donors (Lipinski definition) is 0. The fourth-order valence-corrected chi connectivity index (χ4v) is 5.24. The van der Waals surface area contributed by atoms with Gasteiger partial charge in [-0.2, -0.15) is 0 Å². The van der Waals surface area contributed by atoms with Crippen molar-refractivity contribution in [2.24, 2.45) is 11.8 Å². The molecule has 1 saturated heterocycles. The average Bonchev–Trinajstić information content (AvgIpc) is 2.92. The summed E-state index contributed by atoms with van der Waals surface area (Å²) in [5.41, 5.74) is 3.24. The smallest absolute Gasteiger partial charge is 0.306 e. The lowest BCUT2D eigenvalue weighted by atomic mass is 9.78. The van der Waals surface area contributed by atoms with Crippen molar-refractivity contribution in [1.29, 1.82) is 0 Å². The molecule has 1 heterocycles. The molecule has 2 aromatic carbocycles. The Morgan fingerprint density at radius 3 is 2.50 bits per heavy atom. The highest BCUT2D eigenvalue weighted by atomic mass is 16.5. The minimum atomic E-state index is -0.273. The first-order valence-corrected chi connectivity index (χ1v) is 11.3. The summed E-state index contributed by atoms with van der Waals surface area (Å²) in [6.45, 7) is 3.42. The first-order chi connectivity index (χ1) is 15.5. The Morgan fingerprint density at radius 1 is 1.09 bits per heavy atom. The average molecular weight is 438 g/mol. The monoisotopic (exact) mass is 437 g/mol. The van der Waals surface area contributed by atoms with Gasteiger partial charge in [0.2, 0.25) is 5.91 Å². The van der Waals surface area contributed by atoms with Gasteiger partial charge in [0.15, 0.2) is 11.5 Å². The first-order valence-electron chi connectivity index (χ1n) is 11.3. The first kappa shape index (κ1) is 22.2. The summed E-state index contributed by atoms with van der Waals surface area (Å²) >= 11 is 0. The summed E-state index contributed by atoms with van der Waals surface area (Å²) in [5, 5.41) is 0. The molecule has 1 aliphatic carbocycles. The van der Waals surface area contributed by atoms with Gasteiger partial charge in [0, 0.05) is 24.9 Å². The second-order valence-corrected chi connectivity index (χ2v) is 8.64. The van der Waals surface area contributed by atoms with E-state index in [1.807, 2.05) is 47.4 Å². The number of esters is 1. The molecule has 6 heteroatoms. The van der Waals surface area contributed by atoms with Gasteiger partial charge in [0.05, 0.1) is 27.2 Å². The summed E-state index contributed by atoms with van der Waals surface area (Å²) in [7, 11) is 3.23. The van der Waals surface area contributed by atoms with Gasteiger partial charge in [0.1, 0.15) is 0 Å². The van der Waals surface area contributed by atoms with Gasteiger partial charge >= 0.3 is 5.97 Å². The number of benzene rings is 2. The summed E-state index contributed by atoms with van der Waals surface area (Å²) in [5.74, 6) is 0.938. The van der Waals surface area contributed by atoms with Crippen LogP contribution in [0.2, 0.25) is 0 Å². The second-order valence-electron chi connectivity index (χ2n) is 8.64. The molecule has 1 fully saturated rings. The van der Waals surface area contributed by atoms with E-state index in [1.54, 1.807) is 21.1 Å². The van der Waals surface area contributed by atoms with Crippen LogP contribution in [0, 0.1) is 11.8 Å². The Hall–Kier alpha value is -3.02. The van der Waals surface area contributed by atoms with Gasteiger partial charge in [-0.1, -0.05) is 30.3 Å². The summed E-state index contributed by atoms with van der Waals surface area (Å²) in [6, 6.07) is 14.0. The molecule has 2 aromatic rings. The molecule has 2 aliphatic rings. The molecule has 0 unspecified atom stereocenters. The number of rotatable bonds is 7. The molecule has 0 saturated carbocycles. The normalized spacial score (nSPS) is 22.0. The third-order valence-electron chi connectivity index (χ3n) is 6.64. The molecule has 3 atom stereocenters. The Kier molecular flexibility index (Phi) is 6.68. The Labute approximate surface area is 189 Å². The van der Waals surface area contributed by atoms with Crippen LogP contribution in [-0.2, 0) is 27.3 Å². The van der Waals surface area contributed by atoms with Crippen molar-refractivity contribution in [2.45, 2.75) is 38.6 Å². The van der Waals surface area contributed by atoms with Crippen LogP contribution >= 0.6 is 0 Å². The Morgan fingerprint density at radius 2 is 1.81 bits per heavy atom. The number of nitrogens with zero attached hydrogens (tertiary/aromatic N) is 1. The van der Waals surface area contributed by atoms with Crippen molar-refractivity contribution in [3.63, 3.8) is 0 Å². The van der Waals surface area contributed by atoms with Crippen molar-refractivity contribution in [1.82, 2.24) is 4.90 Å². The fraction of sp³-hybridized carbons (Fsp3) is 0.462. The molecule has 1 aliphatic heterocycles. The van der Waals surface area contributed by atoms with Crippen molar-refractivity contribution >= 4 is 11.9 Å². The minimum absolute atomic E-state index is 0.113. The van der Waals surface area contributed by atoms with E-state index in [4.69, 9.17) is 14.2 Å². The van der Waals surface area contributed by atoms with Crippen LogP contribution in [-0.4, -0.2) is 44.1 Å². The highest BCUT2D eigenvalue weighted by Crippen LogP contribution is 2.46. The number of fused-ring (bicyclic) bond motifs is 3. The van der Waals surface area contributed by atoms with Gasteiger partial charge in [-0.15, -0.1) is 0 Å². The zero-order valence-electron chi connectivity index (χ0n) is 19.0. The third kappa shape index (κ3) is 4.45. The number of ether oxygens (including phenoxy) is 3. The molecular weight excluding hydrogens is 406 g/mol. The van der Waals surface area contributed by atoms with E-state index in [0.717, 1.165) is 29.5 Å². The maximum absolute atomic E-state index is 13.6. The van der Waals surface area contributed by atoms with Gasteiger partial charge in [0.25, 0.3) is 0 Å². The van der Waals surface area contributed by atoms with Crippen LogP contribution in [0.25, 0.3) is 0 Å². The fourth-order valence-electron chi connectivity index (χ4n) is 5.24. The van der Waals surface area contributed by atoms with Crippen LogP contribution in [0.5, 0.6) is 11.5 Å². The van der Waals surface area contributed by atoms with E-state index in [0.29, 0.717) is 37.1 Å². The number of methoxy groups -OCH3 is 2. The molecule has 0 radical (unpaired) electrons. The third-order valence-corrected chi connectivity index (χ3v) is 6.64. The number of carbonyl (C=O) groups excluding carboxylic acids is 2. The van der Waals surface area contributed by atoms with Gasteiger partial charge < -0.3 is 19.1 Å². The van der Waals surface area contributed by atoms with Crippen molar-refractivity contribution in [3.05, 3.63) is 59.2 Å². The van der Waals surface area contributed by atoms with Crippen LogP contribution < -0.4 is 9.47 Å². The summed E-state index contributed by atoms with van der Waals surface area (Å²) < 4.78 is 16.4. The lowest BCUT2D eigenvalue weighted by molar-refractivity contribution is -0.146. The number of carbonyl (C=O) groups is 2. The highest BCUT2D eigenvalue weighted by molar-refractivity contribution is 5.83. The van der Waals surface area contributed by atoms with Crippen LogP contribution in [0.3, 0.4) is 0 Å². The maximum atomic E-state index is 13.6. The number of hydrogen-bond acceptors (Lipinski definition) is 5. The standard InChI is InChI=1S/C26H31NO5/c1-4-32-25(28)14-21-20-13-24(31-3)23(30-2)12-19(20)10-18-11-22(21)26(29)27(16-18)15-17-8-6-5-7-9-17/h5-9,12-13,18,21-22H,4,10-11,14-16H2,1-3H3/t18-,21-,22-/m1/s1. The lowest BCUT2D eigenvalue weighted by Crippen LogP contribution is -2.46. The molecule has 32 heavy (non-hydrogen) atoms. The van der Waals surface area contributed by atoms with Crippen molar-refractivity contribution < 1.29 is 23.8 Å². The molecular formula is C26H31NO5. The topological polar surface area (TPSA) is 65.1 Å². The largest absolute Gasteiger partial charge is 0.493 e. The molecule has 6 nitrogen and oxygen atoms in total. The zero-order chi connectivity index (χ0) is 22.7. The predicted molar refractivity (Wildman–Crippen MR) is 121 cm³/mol. The van der Waals surface area contributed by atoms with E-state index < -0.39 is 0 Å². The van der Waals surface area contributed by atoms with Crippen LogP contribution in [0.4, 0.5) is 0 Å². The van der Waals surface area contributed by atoms with Crippen molar-refractivity contribution in [2.75, 3.05) is 27.4 Å². The molecule has 0 aromatic heterocycles. The predicted octanol–water partition coefficient (Wildman–Crippen LogP) is 3.96. The summed E-state index contributed by atoms with van der Waals surface area (Å²) in [4.78, 5) is 28.2. The number of piperidine rings is 1. The van der Waals surface area contributed by atoms with E-state index in [9.17, 15) is 9.59 Å². The molecule has 0 N–H and O–H groups in total. The van der Waals surface area contributed by atoms with E-state index in [1.165, 1.54) is 0 Å². The SMILES string of the molecule is CCOC(=O)C[C@@H]1c2cc(OC)c(OC)cc2C[C@@H]2C[C@H]1C(=O)N(Cc1ccccc1)C2. The molecule has 4 rings (SSSR count). The lowest BCUT2D eigenvalue weighted by Gasteiger charge is -2.38. The minimum Gasteiger partial charge on any atom is -0.493 e. The maximum Gasteiger partial charge on any atom is 0.306 e. The number of amides is 1. The molecule has 2 bridgehead atoms. The van der Waals surface area contributed by atoms with Crippen molar-refractivity contribution in [3.8, 4) is 11.5 Å². The van der Waals surface area contributed by atoms with E-state index in [-0.39, 0.29) is 30.1 Å². The van der Waals surface area contributed by atoms with Crippen LogP contribution in [0.15, 0.2) is 42.5 Å². The zero-order valence-corrected chi connectivity index (χ0v) is 19.0. The van der Waals surface area contributed by atoms with Gasteiger partial charge in [-0.05, 0) is 54.5 Å². The quantitative estimate of drug-likeness (QED) is 0.614. The van der Waals surface area contributed by atoms with Crippen LogP contribution in [0.1, 0.15) is 42.4 Å². The van der Waals surface area contributed by atoms with E-state index in [2.05, 4.69) is 0 Å². The molecule has 1 amide bonds. The molecule has 170 valence electrons. The Bertz CT molecular complexity index is 974.